The highest BCUT2D eigenvalue weighted by atomic mass is 79.9. The van der Waals surface area contributed by atoms with Gasteiger partial charge in [-0.1, -0.05) is 54.2 Å². The molecule has 0 heterocycles. The van der Waals surface area contributed by atoms with Crippen LogP contribution in [0.4, 0.5) is 0 Å². The molecule has 2 nitrogen and oxygen atoms in total. The minimum atomic E-state index is -0.612. The molecular formula is C18H25BrO2. The monoisotopic (exact) mass is 352 g/mol. The molecular weight excluding hydrogens is 328 g/mol. The first-order chi connectivity index (χ1) is 10.1. The molecule has 0 aliphatic heterocycles. The Morgan fingerprint density at radius 2 is 1.90 bits per heavy atom. The fourth-order valence-corrected chi connectivity index (χ4v) is 3.74. The van der Waals surface area contributed by atoms with Crippen LogP contribution in [0.25, 0.3) is 0 Å². The number of carboxylic acid groups (broad SMARTS) is 1. The highest BCUT2D eigenvalue weighted by Crippen LogP contribution is 2.43. The minimum absolute atomic E-state index is 0.545. The molecule has 3 heteroatoms. The van der Waals surface area contributed by atoms with Gasteiger partial charge < -0.3 is 5.11 Å². The van der Waals surface area contributed by atoms with Crippen molar-refractivity contribution in [3.63, 3.8) is 0 Å². The van der Waals surface area contributed by atoms with Crippen LogP contribution in [0.15, 0.2) is 28.7 Å². The van der Waals surface area contributed by atoms with Crippen molar-refractivity contribution in [1.82, 2.24) is 0 Å². The smallest absolute Gasteiger partial charge is 0.309 e. The second kappa shape index (κ2) is 7.44. The number of hydrogen-bond donors (Lipinski definition) is 1. The maximum Gasteiger partial charge on any atom is 0.309 e. The third-order valence-electron chi connectivity index (χ3n) is 4.94. The van der Waals surface area contributed by atoms with E-state index in [1.807, 2.05) is 24.3 Å². The third kappa shape index (κ3) is 4.32. The van der Waals surface area contributed by atoms with Crippen LogP contribution >= 0.6 is 15.9 Å². The number of halogens is 1. The van der Waals surface area contributed by atoms with E-state index in [1.54, 1.807) is 0 Å². The zero-order valence-corrected chi connectivity index (χ0v) is 14.4. The van der Waals surface area contributed by atoms with Crippen LogP contribution in [-0.2, 0) is 11.2 Å². The van der Waals surface area contributed by atoms with Crippen LogP contribution in [0.3, 0.4) is 0 Å². The van der Waals surface area contributed by atoms with Gasteiger partial charge in [0.1, 0.15) is 0 Å². The van der Waals surface area contributed by atoms with Crippen molar-refractivity contribution in [2.24, 2.45) is 11.3 Å². The minimum Gasteiger partial charge on any atom is -0.481 e. The number of benzene rings is 1. The Morgan fingerprint density at radius 1 is 1.29 bits per heavy atom. The number of carboxylic acids is 1. The van der Waals surface area contributed by atoms with Gasteiger partial charge in [0.05, 0.1) is 5.41 Å². The van der Waals surface area contributed by atoms with Crippen LogP contribution in [-0.4, -0.2) is 11.1 Å². The Morgan fingerprint density at radius 3 is 2.43 bits per heavy atom. The Kier molecular flexibility index (Phi) is 5.86. The molecule has 1 aromatic rings. The molecule has 0 amide bonds. The first-order valence-corrected chi connectivity index (χ1v) is 8.83. The van der Waals surface area contributed by atoms with E-state index in [-0.39, 0.29) is 0 Å². The van der Waals surface area contributed by atoms with Gasteiger partial charge in [-0.2, -0.15) is 0 Å². The van der Waals surface area contributed by atoms with Crippen molar-refractivity contribution in [2.75, 3.05) is 0 Å². The van der Waals surface area contributed by atoms with Crippen LogP contribution in [0.5, 0.6) is 0 Å². The van der Waals surface area contributed by atoms with E-state index in [2.05, 4.69) is 22.9 Å². The van der Waals surface area contributed by atoms with Gasteiger partial charge in [0, 0.05) is 4.47 Å². The number of unbranched alkanes of at least 4 members (excludes halogenated alkanes) is 1. The van der Waals surface area contributed by atoms with Gasteiger partial charge in [0.15, 0.2) is 0 Å². The molecule has 2 rings (SSSR count). The predicted octanol–water partition coefficient (Wildman–Crippen LogP) is 5.44. The SMILES string of the molecule is CCCCC1CCC(Cc2ccc(Br)cc2)(C(=O)O)CC1. The second-order valence-corrected chi connectivity index (χ2v) is 7.39. The number of carbonyl (C=O) groups is 1. The molecule has 0 unspecified atom stereocenters. The molecule has 21 heavy (non-hydrogen) atoms. The lowest BCUT2D eigenvalue weighted by molar-refractivity contribution is -0.151. The lowest BCUT2D eigenvalue weighted by Crippen LogP contribution is -2.37. The van der Waals surface area contributed by atoms with E-state index >= 15 is 0 Å². The van der Waals surface area contributed by atoms with E-state index < -0.39 is 11.4 Å². The Balaban J connectivity index is 2.02. The van der Waals surface area contributed by atoms with E-state index in [4.69, 9.17) is 0 Å². The molecule has 1 aliphatic rings. The largest absolute Gasteiger partial charge is 0.481 e. The van der Waals surface area contributed by atoms with Crippen LogP contribution in [0.2, 0.25) is 0 Å². The number of hydrogen-bond acceptors (Lipinski definition) is 1. The predicted molar refractivity (Wildman–Crippen MR) is 89.4 cm³/mol. The first-order valence-electron chi connectivity index (χ1n) is 8.03. The number of rotatable bonds is 6. The summed E-state index contributed by atoms with van der Waals surface area (Å²) >= 11 is 3.43. The topological polar surface area (TPSA) is 37.3 Å². The first kappa shape index (κ1) is 16.5. The average molecular weight is 353 g/mol. The van der Waals surface area contributed by atoms with Gasteiger partial charge in [-0.3, -0.25) is 4.79 Å². The van der Waals surface area contributed by atoms with Crippen molar-refractivity contribution in [3.8, 4) is 0 Å². The van der Waals surface area contributed by atoms with Crippen molar-refractivity contribution >= 4 is 21.9 Å². The second-order valence-electron chi connectivity index (χ2n) is 6.47. The molecule has 0 atom stereocenters. The molecule has 0 spiro atoms. The average Bonchev–Trinajstić information content (AvgIpc) is 2.49. The van der Waals surface area contributed by atoms with E-state index in [0.717, 1.165) is 41.6 Å². The van der Waals surface area contributed by atoms with Gasteiger partial charge in [-0.25, -0.2) is 0 Å². The van der Waals surface area contributed by atoms with Crippen molar-refractivity contribution in [2.45, 2.75) is 58.3 Å². The van der Waals surface area contributed by atoms with Gasteiger partial charge in [-0.15, -0.1) is 0 Å². The summed E-state index contributed by atoms with van der Waals surface area (Å²) in [5.74, 6) is 0.127. The van der Waals surface area contributed by atoms with Crippen LogP contribution in [0.1, 0.15) is 57.4 Å². The van der Waals surface area contributed by atoms with Gasteiger partial charge >= 0.3 is 5.97 Å². The zero-order valence-electron chi connectivity index (χ0n) is 12.8. The van der Waals surface area contributed by atoms with Crippen molar-refractivity contribution in [3.05, 3.63) is 34.3 Å². The van der Waals surface area contributed by atoms with Gasteiger partial charge in [-0.05, 0) is 55.7 Å². The normalized spacial score (nSPS) is 25.7. The summed E-state index contributed by atoms with van der Waals surface area (Å²) in [7, 11) is 0. The molecule has 1 fully saturated rings. The van der Waals surface area contributed by atoms with Crippen molar-refractivity contribution in [1.29, 1.82) is 0 Å². The quantitative estimate of drug-likeness (QED) is 0.739. The third-order valence-corrected chi connectivity index (χ3v) is 5.47. The van der Waals surface area contributed by atoms with Crippen LogP contribution in [0, 0.1) is 11.3 Å². The summed E-state index contributed by atoms with van der Waals surface area (Å²) in [6, 6.07) is 8.07. The molecule has 0 saturated heterocycles. The van der Waals surface area contributed by atoms with E-state index in [1.165, 1.54) is 19.3 Å². The molecule has 0 bridgehead atoms. The van der Waals surface area contributed by atoms with Gasteiger partial charge in [0.25, 0.3) is 0 Å². The molecule has 1 aliphatic carbocycles. The Bertz CT molecular complexity index is 459. The molecule has 116 valence electrons. The van der Waals surface area contributed by atoms with Crippen LogP contribution < -0.4 is 0 Å². The van der Waals surface area contributed by atoms with E-state index in [9.17, 15) is 9.90 Å². The van der Waals surface area contributed by atoms with E-state index in [0.29, 0.717) is 6.42 Å². The standard InChI is InChI=1S/C18H25BrO2/c1-2-3-4-14-9-11-18(12-10-14,17(20)21)13-15-5-7-16(19)8-6-15/h5-8,14H,2-4,9-13H2,1H3,(H,20,21). The summed E-state index contributed by atoms with van der Waals surface area (Å²) in [5.41, 5.74) is 0.587. The Labute approximate surface area is 136 Å². The summed E-state index contributed by atoms with van der Waals surface area (Å²) in [5, 5.41) is 9.76. The lowest BCUT2D eigenvalue weighted by atomic mass is 9.66. The maximum atomic E-state index is 11.9. The fraction of sp³-hybridized carbons (Fsp3) is 0.611. The fourth-order valence-electron chi connectivity index (χ4n) is 3.47. The highest BCUT2D eigenvalue weighted by molar-refractivity contribution is 9.10. The summed E-state index contributed by atoms with van der Waals surface area (Å²) in [6.45, 7) is 2.22. The molecule has 1 saturated carbocycles. The lowest BCUT2D eigenvalue weighted by Gasteiger charge is -2.37. The summed E-state index contributed by atoms with van der Waals surface area (Å²) in [4.78, 5) is 11.9. The molecule has 1 N–H and O–H groups in total. The zero-order chi connectivity index (χ0) is 15.3. The van der Waals surface area contributed by atoms with Crippen molar-refractivity contribution < 1.29 is 9.90 Å². The van der Waals surface area contributed by atoms with Gasteiger partial charge in [0.2, 0.25) is 0 Å². The highest BCUT2D eigenvalue weighted by Gasteiger charge is 2.41. The Hall–Kier alpha value is -0.830. The molecule has 1 aromatic carbocycles. The summed E-state index contributed by atoms with van der Waals surface area (Å²) in [6.07, 6.45) is 8.24. The number of aliphatic carboxylic acids is 1. The molecule has 0 aromatic heterocycles. The molecule has 0 radical (unpaired) electrons. The maximum absolute atomic E-state index is 11.9. The summed E-state index contributed by atoms with van der Waals surface area (Å²) < 4.78 is 1.04.